The Morgan fingerprint density at radius 2 is 2.00 bits per heavy atom. The lowest BCUT2D eigenvalue weighted by atomic mass is 10.1. The van der Waals surface area contributed by atoms with Crippen molar-refractivity contribution >= 4 is 18.0 Å². The average Bonchev–Trinajstić information content (AvgIpc) is 2.33. The van der Waals surface area contributed by atoms with Crippen LogP contribution in [0.1, 0.15) is 42.1 Å². The van der Waals surface area contributed by atoms with Crippen molar-refractivity contribution in [2.45, 2.75) is 37.3 Å². The summed E-state index contributed by atoms with van der Waals surface area (Å²) in [7, 11) is 0. The molecule has 1 rings (SSSR count). The summed E-state index contributed by atoms with van der Waals surface area (Å²) in [4.78, 5) is 10.7. The van der Waals surface area contributed by atoms with E-state index in [1.54, 1.807) is 0 Å². The Labute approximate surface area is 109 Å². The standard InChI is InChI=1S/C13H15F3OS/c1-2-3-4-7-18-12-6-5-10(9-17)8-11(12)13(14,15)16/h5-6,8-9H,2-4,7H2,1H3. The molecule has 0 radical (unpaired) electrons. The lowest BCUT2D eigenvalue weighted by molar-refractivity contribution is -0.139. The van der Waals surface area contributed by atoms with Gasteiger partial charge in [-0.15, -0.1) is 11.8 Å². The number of hydrogen-bond donors (Lipinski definition) is 0. The molecule has 0 spiro atoms. The first-order chi connectivity index (χ1) is 8.49. The highest BCUT2D eigenvalue weighted by atomic mass is 32.2. The molecule has 100 valence electrons. The Morgan fingerprint density at radius 3 is 2.56 bits per heavy atom. The second-order valence-electron chi connectivity index (χ2n) is 3.93. The van der Waals surface area contributed by atoms with Crippen LogP contribution in [0, 0.1) is 0 Å². The fraction of sp³-hybridized carbons (Fsp3) is 0.462. The van der Waals surface area contributed by atoms with Crippen molar-refractivity contribution in [2.75, 3.05) is 5.75 Å². The third kappa shape index (κ3) is 4.37. The van der Waals surface area contributed by atoms with Gasteiger partial charge in [0.1, 0.15) is 6.29 Å². The predicted octanol–water partition coefficient (Wildman–Crippen LogP) is 4.80. The smallest absolute Gasteiger partial charge is 0.298 e. The summed E-state index contributed by atoms with van der Waals surface area (Å²) in [6.45, 7) is 2.05. The molecule has 0 saturated heterocycles. The number of benzene rings is 1. The molecule has 1 nitrogen and oxygen atoms in total. The van der Waals surface area contributed by atoms with Gasteiger partial charge < -0.3 is 0 Å². The van der Waals surface area contributed by atoms with Gasteiger partial charge in [-0.1, -0.05) is 25.8 Å². The highest BCUT2D eigenvalue weighted by Crippen LogP contribution is 2.37. The first-order valence-corrected chi connectivity index (χ1v) is 6.76. The van der Waals surface area contributed by atoms with E-state index in [9.17, 15) is 18.0 Å². The van der Waals surface area contributed by atoms with Gasteiger partial charge in [0.15, 0.2) is 0 Å². The zero-order valence-electron chi connectivity index (χ0n) is 10.1. The third-order valence-corrected chi connectivity index (χ3v) is 3.61. The number of rotatable bonds is 6. The van der Waals surface area contributed by atoms with E-state index in [1.807, 2.05) is 6.92 Å². The Hall–Kier alpha value is -0.970. The second-order valence-corrected chi connectivity index (χ2v) is 5.06. The molecule has 0 unspecified atom stereocenters. The van der Waals surface area contributed by atoms with Crippen LogP contribution in [0.3, 0.4) is 0 Å². The molecule has 1 aromatic carbocycles. The van der Waals surface area contributed by atoms with Gasteiger partial charge in [-0.2, -0.15) is 13.2 Å². The molecule has 0 bridgehead atoms. The summed E-state index contributed by atoms with van der Waals surface area (Å²) < 4.78 is 38.4. The molecule has 0 atom stereocenters. The molecule has 0 heterocycles. The Balaban J connectivity index is 2.86. The number of aldehydes is 1. The number of thioether (sulfide) groups is 1. The van der Waals surface area contributed by atoms with Gasteiger partial charge in [-0.05, 0) is 24.3 Å². The fourth-order valence-electron chi connectivity index (χ4n) is 1.50. The predicted molar refractivity (Wildman–Crippen MR) is 67.1 cm³/mol. The first-order valence-electron chi connectivity index (χ1n) is 5.78. The highest BCUT2D eigenvalue weighted by molar-refractivity contribution is 7.99. The van der Waals surface area contributed by atoms with Gasteiger partial charge in [0.25, 0.3) is 0 Å². The molecule has 0 aliphatic carbocycles. The van der Waals surface area contributed by atoms with Crippen molar-refractivity contribution in [3.05, 3.63) is 29.3 Å². The first kappa shape index (κ1) is 15.1. The maximum Gasteiger partial charge on any atom is 0.417 e. The maximum absolute atomic E-state index is 12.8. The monoisotopic (exact) mass is 276 g/mol. The van der Waals surface area contributed by atoms with E-state index in [0.29, 0.717) is 12.0 Å². The van der Waals surface area contributed by atoms with Crippen molar-refractivity contribution in [1.29, 1.82) is 0 Å². The Bertz CT molecular complexity index is 402. The molecule has 18 heavy (non-hydrogen) atoms. The minimum atomic E-state index is -4.41. The van der Waals surface area contributed by atoms with E-state index < -0.39 is 11.7 Å². The van der Waals surface area contributed by atoms with E-state index >= 15 is 0 Å². The minimum absolute atomic E-state index is 0.0558. The Morgan fingerprint density at radius 1 is 1.28 bits per heavy atom. The van der Waals surface area contributed by atoms with Crippen LogP contribution in [0.2, 0.25) is 0 Å². The number of unbranched alkanes of at least 4 members (excludes halogenated alkanes) is 2. The number of alkyl halides is 3. The zero-order chi connectivity index (χ0) is 13.6. The van der Waals surface area contributed by atoms with Crippen molar-refractivity contribution in [3.63, 3.8) is 0 Å². The fourth-order valence-corrected chi connectivity index (χ4v) is 2.57. The summed E-state index contributed by atoms with van der Waals surface area (Å²) in [6.07, 6.45) is -1.03. The third-order valence-electron chi connectivity index (χ3n) is 2.45. The maximum atomic E-state index is 12.8. The number of carbonyl (C=O) groups is 1. The number of halogens is 3. The average molecular weight is 276 g/mol. The van der Waals surface area contributed by atoms with Crippen LogP contribution in [0.15, 0.2) is 23.1 Å². The molecule has 0 saturated carbocycles. The van der Waals surface area contributed by atoms with Gasteiger partial charge in [0, 0.05) is 10.5 Å². The van der Waals surface area contributed by atoms with Crippen LogP contribution in [0.5, 0.6) is 0 Å². The van der Waals surface area contributed by atoms with E-state index in [2.05, 4.69) is 0 Å². The van der Waals surface area contributed by atoms with Crippen LogP contribution in [-0.2, 0) is 6.18 Å². The normalized spacial score (nSPS) is 11.6. The molecule has 0 aromatic heterocycles. The molecular formula is C13H15F3OS. The molecule has 0 amide bonds. The van der Waals surface area contributed by atoms with E-state index in [-0.39, 0.29) is 10.5 Å². The van der Waals surface area contributed by atoms with Crippen molar-refractivity contribution in [1.82, 2.24) is 0 Å². The number of hydrogen-bond acceptors (Lipinski definition) is 2. The summed E-state index contributed by atoms with van der Waals surface area (Å²) in [5.41, 5.74) is -0.658. The van der Waals surface area contributed by atoms with Crippen LogP contribution >= 0.6 is 11.8 Å². The van der Waals surface area contributed by atoms with Gasteiger partial charge >= 0.3 is 6.18 Å². The van der Waals surface area contributed by atoms with E-state index in [0.717, 1.165) is 25.3 Å². The zero-order valence-corrected chi connectivity index (χ0v) is 10.9. The van der Waals surface area contributed by atoms with Gasteiger partial charge in [-0.3, -0.25) is 4.79 Å². The molecule has 0 aliphatic rings. The molecule has 0 N–H and O–H groups in total. The van der Waals surface area contributed by atoms with Gasteiger partial charge in [0.2, 0.25) is 0 Å². The molecule has 0 aliphatic heterocycles. The lowest BCUT2D eigenvalue weighted by Crippen LogP contribution is -2.07. The Kier molecular flexibility index (Phi) is 5.72. The van der Waals surface area contributed by atoms with Crippen LogP contribution in [-0.4, -0.2) is 12.0 Å². The van der Waals surface area contributed by atoms with Crippen LogP contribution < -0.4 is 0 Å². The van der Waals surface area contributed by atoms with Crippen molar-refractivity contribution in [3.8, 4) is 0 Å². The summed E-state index contributed by atoms with van der Waals surface area (Å²) in [6, 6.07) is 3.71. The summed E-state index contributed by atoms with van der Waals surface area (Å²) in [5.74, 6) is 0.664. The SMILES string of the molecule is CCCCCSc1ccc(C=O)cc1C(F)(F)F. The number of carbonyl (C=O) groups excluding carboxylic acids is 1. The summed E-state index contributed by atoms with van der Waals surface area (Å²) >= 11 is 1.20. The van der Waals surface area contributed by atoms with Gasteiger partial charge in [-0.25, -0.2) is 0 Å². The van der Waals surface area contributed by atoms with Crippen molar-refractivity contribution in [2.24, 2.45) is 0 Å². The highest BCUT2D eigenvalue weighted by Gasteiger charge is 2.33. The molecule has 1 aromatic rings. The van der Waals surface area contributed by atoms with Crippen molar-refractivity contribution < 1.29 is 18.0 Å². The topological polar surface area (TPSA) is 17.1 Å². The second kappa shape index (κ2) is 6.83. The van der Waals surface area contributed by atoms with E-state index in [1.165, 1.54) is 23.9 Å². The van der Waals surface area contributed by atoms with Crippen LogP contribution in [0.4, 0.5) is 13.2 Å². The quantitative estimate of drug-likeness (QED) is 0.422. The molecular weight excluding hydrogens is 261 g/mol. The molecule has 5 heteroatoms. The largest absolute Gasteiger partial charge is 0.417 e. The summed E-state index contributed by atoms with van der Waals surface area (Å²) in [5, 5.41) is 0. The van der Waals surface area contributed by atoms with E-state index in [4.69, 9.17) is 0 Å². The van der Waals surface area contributed by atoms with Crippen LogP contribution in [0.25, 0.3) is 0 Å². The lowest BCUT2D eigenvalue weighted by Gasteiger charge is -2.12. The minimum Gasteiger partial charge on any atom is -0.298 e. The molecule has 0 fully saturated rings. The van der Waals surface area contributed by atoms with Gasteiger partial charge in [0.05, 0.1) is 5.56 Å².